The van der Waals surface area contributed by atoms with Gasteiger partial charge in [0.2, 0.25) is 5.79 Å². The number of hydrogen-bond acceptors (Lipinski definition) is 2. The molecular weight excluding hydrogens is 140 g/mol. The van der Waals surface area contributed by atoms with Crippen molar-refractivity contribution in [3.05, 3.63) is 48.6 Å². The average molecular weight is 149 g/mol. The molecule has 0 aromatic heterocycles. The molecule has 0 atom stereocenters. The number of aliphatic hydroxyl groups is 2. The van der Waals surface area contributed by atoms with E-state index in [1.165, 1.54) is 0 Å². The SMILES string of the molecule is C=CC(O)(O)c1cc[c]cc1. The van der Waals surface area contributed by atoms with E-state index in [0.29, 0.717) is 5.56 Å². The minimum absolute atomic E-state index is 0.395. The maximum absolute atomic E-state index is 9.22. The summed E-state index contributed by atoms with van der Waals surface area (Å²) in [6, 6.07) is 9.14. The van der Waals surface area contributed by atoms with Crippen LogP contribution >= 0.6 is 0 Å². The maximum atomic E-state index is 9.22. The second-order valence-corrected chi connectivity index (χ2v) is 2.22. The Morgan fingerprint density at radius 3 is 2.36 bits per heavy atom. The van der Waals surface area contributed by atoms with E-state index in [2.05, 4.69) is 12.6 Å². The highest BCUT2D eigenvalue weighted by atomic mass is 16.5. The molecule has 2 N–H and O–H groups in total. The molecule has 1 aromatic carbocycles. The van der Waals surface area contributed by atoms with E-state index in [9.17, 15) is 10.2 Å². The Bertz CT molecular complexity index is 239. The quantitative estimate of drug-likeness (QED) is 0.482. The second-order valence-electron chi connectivity index (χ2n) is 2.22. The highest BCUT2D eigenvalue weighted by Crippen LogP contribution is 2.17. The smallest absolute Gasteiger partial charge is 0.209 e. The molecule has 1 radical (unpaired) electrons. The van der Waals surface area contributed by atoms with E-state index in [4.69, 9.17) is 0 Å². The summed E-state index contributed by atoms with van der Waals surface area (Å²) < 4.78 is 0. The molecule has 2 heteroatoms. The van der Waals surface area contributed by atoms with Crippen molar-refractivity contribution in [2.45, 2.75) is 5.79 Å². The van der Waals surface area contributed by atoms with Gasteiger partial charge in [0.05, 0.1) is 0 Å². The van der Waals surface area contributed by atoms with Crippen molar-refractivity contribution >= 4 is 0 Å². The summed E-state index contributed by atoms with van der Waals surface area (Å²) >= 11 is 0. The van der Waals surface area contributed by atoms with E-state index in [-0.39, 0.29) is 0 Å². The van der Waals surface area contributed by atoms with Crippen LogP contribution in [0.2, 0.25) is 0 Å². The van der Waals surface area contributed by atoms with Crippen molar-refractivity contribution in [2.75, 3.05) is 0 Å². The Hall–Kier alpha value is -1.12. The fraction of sp³-hybridized carbons (Fsp3) is 0.111. The summed E-state index contributed by atoms with van der Waals surface area (Å²) in [5.74, 6) is -1.92. The Morgan fingerprint density at radius 2 is 1.91 bits per heavy atom. The summed E-state index contributed by atoms with van der Waals surface area (Å²) in [7, 11) is 0. The Balaban J connectivity index is 3.02. The Labute approximate surface area is 65.4 Å². The highest BCUT2D eigenvalue weighted by Gasteiger charge is 2.19. The molecule has 0 amide bonds. The Morgan fingerprint density at radius 1 is 1.36 bits per heavy atom. The summed E-state index contributed by atoms with van der Waals surface area (Å²) in [5, 5.41) is 18.4. The molecule has 0 spiro atoms. The van der Waals surface area contributed by atoms with Crippen LogP contribution in [0.5, 0.6) is 0 Å². The first-order valence-electron chi connectivity index (χ1n) is 3.22. The molecule has 0 aliphatic rings. The lowest BCUT2D eigenvalue weighted by molar-refractivity contribution is -0.124. The van der Waals surface area contributed by atoms with Crippen molar-refractivity contribution in [2.24, 2.45) is 0 Å². The van der Waals surface area contributed by atoms with E-state index >= 15 is 0 Å². The topological polar surface area (TPSA) is 40.5 Å². The first-order valence-corrected chi connectivity index (χ1v) is 3.22. The zero-order valence-corrected chi connectivity index (χ0v) is 5.99. The maximum Gasteiger partial charge on any atom is 0.209 e. The van der Waals surface area contributed by atoms with Gasteiger partial charge in [0.1, 0.15) is 0 Å². The lowest BCUT2D eigenvalue weighted by Crippen LogP contribution is -2.20. The molecule has 0 saturated heterocycles. The minimum atomic E-state index is -1.92. The first kappa shape index (κ1) is 7.98. The van der Waals surface area contributed by atoms with Crippen molar-refractivity contribution in [1.29, 1.82) is 0 Å². The Kier molecular flexibility index (Phi) is 2.08. The largest absolute Gasteiger partial charge is 0.359 e. The van der Waals surface area contributed by atoms with Crippen LogP contribution in [0.1, 0.15) is 5.56 Å². The van der Waals surface area contributed by atoms with Gasteiger partial charge in [0.25, 0.3) is 0 Å². The molecule has 57 valence electrons. The van der Waals surface area contributed by atoms with Crippen LogP contribution in [0.3, 0.4) is 0 Å². The lowest BCUT2D eigenvalue weighted by atomic mass is 10.1. The van der Waals surface area contributed by atoms with Gasteiger partial charge in [0.15, 0.2) is 0 Å². The normalized spacial score (nSPS) is 11.1. The van der Waals surface area contributed by atoms with Crippen LogP contribution in [-0.2, 0) is 5.79 Å². The summed E-state index contributed by atoms with van der Waals surface area (Å²) in [5.41, 5.74) is 0.395. The summed E-state index contributed by atoms with van der Waals surface area (Å²) in [4.78, 5) is 0. The fourth-order valence-electron chi connectivity index (χ4n) is 0.750. The molecule has 0 heterocycles. The molecule has 0 fully saturated rings. The van der Waals surface area contributed by atoms with Gasteiger partial charge in [0, 0.05) is 5.56 Å². The van der Waals surface area contributed by atoms with Crippen LogP contribution in [-0.4, -0.2) is 10.2 Å². The van der Waals surface area contributed by atoms with Gasteiger partial charge in [-0.2, -0.15) is 0 Å². The van der Waals surface area contributed by atoms with Crippen LogP contribution in [0.25, 0.3) is 0 Å². The standard InChI is InChI=1S/C9H9O2/c1-2-9(10,11)8-6-4-3-5-7-8/h2,4-7,10-11H,1H2. The molecule has 2 nitrogen and oxygen atoms in total. The molecule has 11 heavy (non-hydrogen) atoms. The molecule has 0 bridgehead atoms. The van der Waals surface area contributed by atoms with Crippen molar-refractivity contribution in [3.63, 3.8) is 0 Å². The van der Waals surface area contributed by atoms with Gasteiger partial charge >= 0.3 is 0 Å². The van der Waals surface area contributed by atoms with E-state index in [1.54, 1.807) is 24.3 Å². The van der Waals surface area contributed by atoms with E-state index in [0.717, 1.165) is 6.08 Å². The first-order chi connectivity index (χ1) is 5.17. The monoisotopic (exact) mass is 149 g/mol. The molecule has 0 aliphatic carbocycles. The van der Waals surface area contributed by atoms with Gasteiger partial charge in [-0.1, -0.05) is 30.8 Å². The lowest BCUT2D eigenvalue weighted by Gasteiger charge is -2.16. The number of rotatable bonds is 2. The van der Waals surface area contributed by atoms with Crippen LogP contribution < -0.4 is 0 Å². The van der Waals surface area contributed by atoms with Crippen molar-refractivity contribution in [3.8, 4) is 0 Å². The zero-order valence-electron chi connectivity index (χ0n) is 5.99. The van der Waals surface area contributed by atoms with Crippen molar-refractivity contribution in [1.82, 2.24) is 0 Å². The molecule has 0 unspecified atom stereocenters. The van der Waals surface area contributed by atoms with Gasteiger partial charge in [-0.15, -0.1) is 0 Å². The highest BCUT2D eigenvalue weighted by molar-refractivity contribution is 5.22. The van der Waals surface area contributed by atoms with Crippen LogP contribution in [0.4, 0.5) is 0 Å². The van der Waals surface area contributed by atoms with E-state index < -0.39 is 5.79 Å². The third-order valence-corrected chi connectivity index (χ3v) is 1.43. The van der Waals surface area contributed by atoms with Gasteiger partial charge in [-0.3, -0.25) is 0 Å². The predicted molar refractivity (Wildman–Crippen MR) is 41.6 cm³/mol. The van der Waals surface area contributed by atoms with Gasteiger partial charge in [-0.25, -0.2) is 0 Å². The summed E-state index contributed by atoms with van der Waals surface area (Å²) in [6.07, 6.45) is 1.07. The van der Waals surface area contributed by atoms with Gasteiger partial charge < -0.3 is 10.2 Å². The van der Waals surface area contributed by atoms with E-state index in [1.807, 2.05) is 0 Å². The summed E-state index contributed by atoms with van der Waals surface area (Å²) in [6.45, 7) is 3.30. The molecular formula is C9H9O2. The third-order valence-electron chi connectivity index (χ3n) is 1.43. The molecule has 0 saturated carbocycles. The molecule has 1 rings (SSSR count). The predicted octanol–water partition coefficient (Wildman–Crippen LogP) is 0.810. The van der Waals surface area contributed by atoms with Crippen LogP contribution in [0, 0.1) is 6.07 Å². The third kappa shape index (κ3) is 1.67. The fourth-order valence-corrected chi connectivity index (χ4v) is 0.750. The minimum Gasteiger partial charge on any atom is -0.359 e. The molecule has 0 aliphatic heterocycles. The average Bonchev–Trinajstić information content (AvgIpc) is 2.06. The second kappa shape index (κ2) is 2.86. The number of hydrogen-bond donors (Lipinski definition) is 2. The number of benzene rings is 1. The van der Waals surface area contributed by atoms with Crippen LogP contribution in [0.15, 0.2) is 36.9 Å². The molecule has 1 aromatic rings. The zero-order chi connectivity index (χ0) is 8.32. The van der Waals surface area contributed by atoms with Gasteiger partial charge in [-0.05, 0) is 12.1 Å². The van der Waals surface area contributed by atoms with Crippen molar-refractivity contribution < 1.29 is 10.2 Å².